The van der Waals surface area contributed by atoms with Gasteiger partial charge in [0.1, 0.15) is 6.07 Å². The molecule has 0 N–H and O–H groups in total. The van der Waals surface area contributed by atoms with Gasteiger partial charge in [-0.1, -0.05) is 26.0 Å². The van der Waals surface area contributed by atoms with E-state index in [1.165, 1.54) is 35.5 Å². The lowest BCUT2D eigenvalue weighted by atomic mass is 10.2. The molecule has 1 aromatic carbocycles. The molecule has 1 aromatic rings. The highest BCUT2D eigenvalue weighted by Gasteiger charge is 2.20. The van der Waals surface area contributed by atoms with Crippen LogP contribution in [0.25, 0.3) is 6.08 Å². The maximum absolute atomic E-state index is 12.3. The first-order valence-corrected chi connectivity index (χ1v) is 8.67. The fraction of sp³-hybridized carbons (Fsp3) is 0.375. The molecule has 0 spiro atoms. The molecule has 0 aliphatic rings. The third-order valence-electron chi connectivity index (χ3n) is 3.11. The summed E-state index contributed by atoms with van der Waals surface area (Å²) in [6.45, 7) is 5.85. The molecule has 0 aliphatic heterocycles. The van der Waals surface area contributed by atoms with Crippen molar-refractivity contribution in [3.05, 3.63) is 35.9 Å². The summed E-state index contributed by atoms with van der Waals surface area (Å²) in [5, 5.41) is 8.55. The molecular weight excluding hydrogens is 316 g/mol. The summed E-state index contributed by atoms with van der Waals surface area (Å²) >= 11 is 0. The first-order valence-electron chi connectivity index (χ1n) is 7.23. The summed E-state index contributed by atoms with van der Waals surface area (Å²) in [5.41, 5.74) is 0.657. The van der Waals surface area contributed by atoms with Crippen molar-refractivity contribution >= 4 is 22.1 Å². The number of rotatable bonds is 7. The number of esters is 1. The van der Waals surface area contributed by atoms with E-state index in [0.717, 1.165) is 0 Å². The summed E-state index contributed by atoms with van der Waals surface area (Å²) in [4.78, 5) is 11.6. The molecule has 0 saturated carbocycles. The van der Waals surface area contributed by atoms with Crippen molar-refractivity contribution in [1.82, 2.24) is 4.31 Å². The van der Waals surface area contributed by atoms with Gasteiger partial charge in [-0.25, -0.2) is 13.2 Å². The maximum Gasteiger partial charge on any atom is 0.332 e. The van der Waals surface area contributed by atoms with Gasteiger partial charge in [0.05, 0.1) is 4.90 Å². The van der Waals surface area contributed by atoms with Crippen LogP contribution in [0.2, 0.25) is 0 Å². The zero-order valence-electron chi connectivity index (χ0n) is 13.4. The van der Waals surface area contributed by atoms with Crippen LogP contribution in [-0.4, -0.2) is 37.9 Å². The van der Waals surface area contributed by atoms with E-state index in [-0.39, 0.29) is 4.90 Å². The van der Waals surface area contributed by atoms with Gasteiger partial charge >= 0.3 is 5.97 Å². The lowest BCUT2D eigenvalue weighted by Crippen LogP contribution is -2.30. The van der Waals surface area contributed by atoms with Gasteiger partial charge in [0.2, 0.25) is 10.0 Å². The minimum absolute atomic E-state index is 0.207. The highest BCUT2D eigenvalue weighted by molar-refractivity contribution is 7.89. The Morgan fingerprint density at radius 1 is 1.30 bits per heavy atom. The van der Waals surface area contributed by atoms with E-state index >= 15 is 0 Å². The number of benzene rings is 1. The fourth-order valence-electron chi connectivity index (χ4n) is 1.87. The van der Waals surface area contributed by atoms with Crippen LogP contribution in [0.3, 0.4) is 0 Å². The molecule has 6 nitrogen and oxygen atoms in total. The minimum Gasteiger partial charge on any atom is -0.444 e. The zero-order valence-corrected chi connectivity index (χ0v) is 14.2. The number of carbonyl (C=O) groups is 1. The summed E-state index contributed by atoms with van der Waals surface area (Å²) in [6, 6.07) is 7.99. The molecule has 0 amide bonds. The molecule has 7 heteroatoms. The molecule has 23 heavy (non-hydrogen) atoms. The number of sulfonamides is 1. The Kier molecular flexibility index (Phi) is 6.94. The molecule has 0 saturated heterocycles. The van der Waals surface area contributed by atoms with Crippen LogP contribution in [0.1, 0.15) is 26.3 Å². The molecule has 0 bridgehead atoms. The van der Waals surface area contributed by atoms with Crippen molar-refractivity contribution in [3.63, 3.8) is 0 Å². The van der Waals surface area contributed by atoms with E-state index in [9.17, 15) is 13.2 Å². The SMILES string of the molecule is CCN(CC)S(=O)(=O)c1ccc(/C=C/C(=O)O[C@H](C)C#N)cc1. The number of ether oxygens (including phenoxy) is 1. The Hall–Kier alpha value is -2.17. The standard InChI is InChI=1S/C16H20N2O4S/c1-4-18(5-2)23(20,21)15-9-6-14(7-10-15)8-11-16(19)22-13(3)12-17/h6-11,13H,4-5H2,1-3H3/b11-8+/t13-/m1/s1. The Labute approximate surface area is 137 Å². The van der Waals surface area contributed by atoms with Crippen LogP contribution in [0.15, 0.2) is 35.2 Å². The second-order valence-corrected chi connectivity index (χ2v) is 6.64. The topological polar surface area (TPSA) is 87.5 Å². The molecule has 1 rings (SSSR count). The van der Waals surface area contributed by atoms with Crippen LogP contribution in [0.5, 0.6) is 0 Å². The van der Waals surface area contributed by atoms with Gasteiger partial charge in [0, 0.05) is 19.2 Å². The maximum atomic E-state index is 12.3. The number of hydrogen-bond acceptors (Lipinski definition) is 5. The Morgan fingerprint density at radius 3 is 2.35 bits per heavy atom. The van der Waals surface area contributed by atoms with Gasteiger partial charge < -0.3 is 4.74 Å². The van der Waals surface area contributed by atoms with E-state index in [0.29, 0.717) is 18.7 Å². The average molecular weight is 336 g/mol. The van der Waals surface area contributed by atoms with Gasteiger partial charge in [0.25, 0.3) is 0 Å². The van der Waals surface area contributed by atoms with Crippen molar-refractivity contribution in [3.8, 4) is 6.07 Å². The third kappa shape index (κ3) is 5.20. The van der Waals surface area contributed by atoms with Crippen LogP contribution in [0, 0.1) is 11.3 Å². The van der Waals surface area contributed by atoms with Gasteiger partial charge in [0.15, 0.2) is 6.10 Å². The van der Waals surface area contributed by atoms with Crippen molar-refractivity contribution in [1.29, 1.82) is 5.26 Å². The van der Waals surface area contributed by atoms with Gasteiger partial charge in [-0.3, -0.25) is 0 Å². The second kappa shape index (κ2) is 8.46. The fourth-order valence-corrected chi connectivity index (χ4v) is 3.33. The molecule has 124 valence electrons. The lowest BCUT2D eigenvalue weighted by Gasteiger charge is -2.18. The third-order valence-corrected chi connectivity index (χ3v) is 5.17. The molecule has 0 aliphatic carbocycles. The van der Waals surface area contributed by atoms with E-state index in [2.05, 4.69) is 0 Å². The van der Waals surface area contributed by atoms with Gasteiger partial charge in [-0.2, -0.15) is 9.57 Å². The number of carbonyl (C=O) groups excluding carboxylic acids is 1. The summed E-state index contributed by atoms with van der Waals surface area (Å²) < 4.78 is 30.8. The van der Waals surface area contributed by atoms with Crippen molar-refractivity contribution in [2.75, 3.05) is 13.1 Å². The molecule has 0 radical (unpaired) electrons. The van der Waals surface area contributed by atoms with Crippen molar-refractivity contribution in [2.24, 2.45) is 0 Å². The van der Waals surface area contributed by atoms with Crippen LogP contribution < -0.4 is 0 Å². The van der Waals surface area contributed by atoms with Crippen molar-refractivity contribution < 1.29 is 17.9 Å². The molecular formula is C16H20N2O4S. The van der Waals surface area contributed by atoms with Gasteiger partial charge in [-0.15, -0.1) is 0 Å². The van der Waals surface area contributed by atoms with E-state index < -0.39 is 22.1 Å². The Morgan fingerprint density at radius 2 is 1.87 bits per heavy atom. The largest absolute Gasteiger partial charge is 0.444 e. The zero-order chi connectivity index (χ0) is 17.5. The summed E-state index contributed by atoms with van der Waals surface area (Å²) in [7, 11) is -3.49. The second-order valence-electron chi connectivity index (χ2n) is 4.70. The van der Waals surface area contributed by atoms with E-state index in [1.807, 2.05) is 0 Å². The minimum atomic E-state index is -3.49. The predicted octanol–water partition coefficient (Wildman–Crippen LogP) is 2.19. The highest BCUT2D eigenvalue weighted by Crippen LogP contribution is 2.16. The average Bonchev–Trinajstić information content (AvgIpc) is 2.54. The molecule has 1 atom stereocenters. The van der Waals surface area contributed by atoms with Crippen molar-refractivity contribution in [2.45, 2.75) is 31.8 Å². The lowest BCUT2D eigenvalue weighted by molar-refractivity contribution is -0.139. The summed E-state index contributed by atoms with van der Waals surface area (Å²) in [5.74, 6) is -0.626. The molecule has 0 fully saturated rings. The Balaban J connectivity index is 2.85. The van der Waals surface area contributed by atoms with Gasteiger partial charge in [-0.05, 0) is 30.7 Å². The number of nitriles is 1. The van der Waals surface area contributed by atoms with E-state index in [4.69, 9.17) is 10.00 Å². The first-order chi connectivity index (χ1) is 10.8. The van der Waals surface area contributed by atoms with Crippen LogP contribution >= 0.6 is 0 Å². The van der Waals surface area contributed by atoms with E-state index in [1.54, 1.807) is 32.0 Å². The Bertz CT molecular complexity index is 699. The molecule has 0 aromatic heterocycles. The smallest absolute Gasteiger partial charge is 0.332 e. The first kappa shape index (κ1) is 18.9. The normalized spacial score (nSPS) is 13.0. The predicted molar refractivity (Wildman–Crippen MR) is 86.7 cm³/mol. The molecule has 0 heterocycles. The quantitative estimate of drug-likeness (QED) is 0.562. The highest BCUT2D eigenvalue weighted by atomic mass is 32.2. The van der Waals surface area contributed by atoms with Crippen LogP contribution in [-0.2, 0) is 19.6 Å². The molecule has 0 unspecified atom stereocenters. The summed E-state index contributed by atoms with van der Waals surface area (Å²) in [6.07, 6.45) is 1.89. The number of hydrogen-bond donors (Lipinski definition) is 0. The number of nitrogens with zero attached hydrogens (tertiary/aromatic N) is 2. The monoisotopic (exact) mass is 336 g/mol. The van der Waals surface area contributed by atoms with Crippen LogP contribution in [0.4, 0.5) is 0 Å².